The zero-order chi connectivity index (χ0) is 40.7. The summed E-state index contributed by atoms with van der Waals surface area (Å²) in [7, 11) is 0. The average molecular weight is 793 g/mol. The lowest BCUT2D eigenvalue weighted by atomic mass is 9.98. The Hall–Kier alpha value is -8.34. The first-order chi connectivity index (χ1) is 30.7. The van der Waals surface area contributed by atoms with Gasteiger partial charge < -0.3 is 18.3 Å². The quantitative estimate of drug-likeness (QED) is 0.168. The smallest absolute Gasteiger partial charge is 0.143 e. The minimum Gasteiger partial charge on any atom is -0.456 e. The zero-order valence-electron chi connectivity index (χ0n) is 33.5. The molecule has 0 spiro atoms. The number of nitrogens with zero attached hydrogens (tertiary/aromatic N) is 2. The van der Waals surface area contributed by atoms with Crippen molar-refractivity contribution in [2.75, 3.05) is 4.90 Å². The van der Waals surface area contributed by atoms with Crippen molar-refractivity contribution in [1.29, 1.82) is 0 Å². The van der Waals surface area contributed by atoms with Gasteiger partial charge in [-0.3, -0.25) is 0 Å². The highest BCUT2D eigenvalue weighted by Gasteiger charge is 2.22. The molecule has 4 nitrogen and oxygen atoms in total. The maximum Gasteiger partial charge on any atom is 0.143 e. The number of benzene rings is 10. The van der Waals surface area contributed by atoms with Gasteiger partial charge in [0.15, 0.2) is 0 Å². The lowest BCUT2D eigenvalue weighted by molar-refractivity contribution is 0.669. The fourth-order valence-electron chi connectivity index (χ4n) is 9.78. The summed E-state index contributed by atoms with van der Waals surface area (Å²) in [5.41, 5.74) is 14.8. The van der Waals surface area contributed by atoms with E-state index in [1.54, 1.807) is 0 Å². The first-order valence-electron chi connectivity index (χ1n) is 21.1. The van der Waals surface area contributed by atoms with E-state index >= 15 is 0 Å². The monoisotopic (exact) mass is 792 g/mol. The Morgan fingerprint density at radius 1 is 0.355 bits per heavy atom. The van der Waals surface area contributed by atoms with E-state index < -0.39 is 0 Å². The first kappa shape index (κ1) is 34.5. The lowest BCUT2D eigenvalue weighted by Crippen LogP contribution is -2.10. The Bertz CT molecular complexity index is 3870. The highest BCUT2D eigenvalue weighted by Crippen LogP contribution is 2.46. The Kier molecular flexibility index (Phi) is 7.57. The Balaban J connectivity index is 1.00. The molecule has 13 aromatic rings. The van der Waals surface area contributed by atoms with Crippen LogP contribution in [-0.2, 0) is 0 Å². The van der Waals surface area contributed by atoms with Crippen LogP contribution < -0.4 is 4.90 Å². The number of para-hydroxylation sites is 3. The molecule has 0 aliphatic heterocycles. The summed E-state index contributed by atoms with van der Waals surface area (Å²) in [6.07, 6.45) is 0. The van der Waals surface area contributed by atoms with E-state index in [9.17, 15) is 0 Å². The van der Waals surface area contributed by atoms with Crippen LogP contribution in [0.4, 0.5) is 17.1 Å². The number of fused-ring (bicyclic) bond motifs is 11. The van der Waals surface area contributed by atoms with E-state index in [0.717, 1.165) is 94.1 Å². The number of hydrogen-bond donors (Lipinski definition) is 0. The van der Waals surface area contributed by atoms with E-state index in [0.29, 0.717) is 0 Å². The van der Waals surface area contributed by atoms with Crippen molar-refractivity contribution < 1.29 is 8.83 Å². The molecule has 0 radical (unpaired) electrons. The molecule has 3 aromatic heterocycles. The van der Waals surface area contributed by atoms with Crippen molar-refractivity contribution in [3.8, 4) is 27.9 Å². The molecule has 62 heavy (non-hydrogen) atoms. The van der Waals surface area contributed by atoms with Crippen LogP contribution in [0.3, 0.4) is 0 Å². The number of furan rings is 2. The summed E-state index contributed by atoms with van der Waals surface area (Å²) in [5, 5.41) is 9.14. The van der Waals surface area contributed by atoms with Crippen molar-refractivity contribution in [2.45, 2.75) is 0 Å². The third-order valence-electron chi connectivity index (χ3n) is 12.6. The molecule has 0 unspecified atom stereocenters. The molecule has 13 rings (SSSR count). The van der Waals surface area contributed by atoms with E-state index in [1.807, 2.05) is 12.1 Å². The summed E-state index contributed by atoms with van der Waals surface area (Å²) < 4.78 is 15.3. The molecule has 0 atom stereocenters. The largest absolute Gasteiger partial charge is 0.456 e. The SMILES string of the molecule is c1ccc(-n2c3ccccc3c3c(-c4ccc(N(c5cccc(-c6ccc7oc8ccccc8c7c6)c5)c5cccc6oc7c8ccccc8ccc7c56)cc4)cccc32)cc1. The standard InChI is InChI=1S/C58H36N2O2/c1-2-15-41(16-3-1)60-50-22-8-6-20-47(50)56-44(21-11-23-51(56)60)38-27-31-42(32-28-38)59(52-24-12-26-55-57(52)48-33-29-37-13-4-5-18-45(37)58(48)62-55)43-17-10-14-39(35-43)40-30-34-54-49(36-40)46-19-7-9-25-53(46)61-54/h1-36H. The summed E-state index contributed by atoms with van der Waals surface area (Å²) >= 11 is 0. The molecule has 4 heteroatoms. The van der Waals surface area contributed by atoms with Crippen LogP contribution in [0, 0.1) is 0 Å². The first-order valence-corrected chi connectivity index (χ1v) is 21.1. The van der Waals surface area contributed by atoms with Crippen molar-refractivity contribution in [1.82, 2.24) is 4.57 Å². The van der Waals surface area contributed by atoms with Gasteiger partial charge in [0.25, 0.3) is 0 Å². The van der Waals surface area contributed by atoms with Crippen LogP contribution in [0.25, 0.3) is 104 Å². The van der Waals surface area contributed by atoms with Gasteiger partial charge in [-0.05, 0) is 113 Å². The second-order valence-electron chi connectivity index (χ2n) is 16.0. The van der Waals surface area contributed by atoms with Crippen LogP contribution in [0.2, 0.25) is 0 Å². The van der Waals surface area contributed by atoms with Gasteiger partial charge in [-0.25, -0.2) is 0 Å². The fourth-order valence-corrected chi connectivity index (χ4v) is 9.78. The second-order valence-corrected chi connectivity index (χ2v) is 16.0. The minimum atomic E-state index is 0.852. The number of aromatic nitrogens is 1. The topological polar surface area (TPSA) is 34.5 Å². The van der Waals surface area contributed by atoms with Crippen molar-refractivity contribution in [2.24, 2.45) is 0 Å². The van der Waals surface area contributed by atoms with Crippen molar-refractivity contribution >= 4 is 93.5 Å². The molecule has 3 heterocycles. The van der Waals surface area contributed by atoms with Crippen LogP contribution in [0.1, 0.15) is 0 Å². The summed E-state index contributed by atoms with van der Waals surface area (Å²) in [6, 6.07) is 78.0. The van der Waals surface area contributed by atoms with Crippen molar-refractivity contribution in [3.05, 3.63) is 218 Å². The zero-order valence-corrected chi connectivity index (χ0v) is 33.5. The Morgan fingerprint density at radius 2 is 1.05 bits per heavy atom. The molecule has 0 fully saturated rings. The van der Waals surface area contributed by atoms with Gasteiger partial charge >= 0.3 is 0 Å². The fraction of sp³-hybridized carbons (Fsp3) is 0. The number of hydrogen-bond acceptors (Lipinski definition) is 3. The molecular formula is C58H36N2O2. The van der Waals surface area contributed by atoms with Gasteiger partial charge in [-0.1, -0.05) is 133 Å². The van der Waals surface area contributed by atoms with Crippen molar-refractivity contribution in [3.63, 3.8) is 0 Å². The molecule has 290 valence electrons. The predicted molar refractivity (Wildman–Crippen MR) is 258 cm³/mol. The maximum atomic E-state index is 6.74. The molecule has 0 bridgehead atoms. The number of anilines is 3. The summed E-state index contributed by atoms with van der Waals surface area (Å²) in [6.45, 7) is 0. The highest BCUT2D eigenvalue weighted by atomic mass is 16.3. The van der Waals surface area contributed by atoms with Crippen LogP contribution >= 0.6 is 0 Å². The Labute approximate surface area is 356 Å². The summed E-state index contributed by atoms with van der Waals surface area (Å²) in [4.78, 5) is 2.38. The van der Waals surface area contributed by atoms with Crippen LogP contribution in [-0.4, -0.2) is 4.57 Å². The second kappa shape index (κ2) is 13.6. The molecule has 0 amide bonds. The maximum absolute atomic E-state index is 6.74. The average Bonchev–Trinajstić information content (AvgIpc) is 4.02. The normalized spacial score (nSPS) is 11.9. The molecule has 0 N–H and O–H groups in total. The van der Waals surface area contributed by atoms with Crippen LogP contribution in [0.5, 0.6) is 0 Å². The molecule has 0 saturated heterocycles. The van der Waals surface area contributed by atoms with E-state index in [1.165, 1.54) is 27.4 Å². The number of rotatable bonds is 6. The molecule has 0 aliphatic carbocycles. The summed E-state index contributed by atoms with van der Waals surface area (Å²) in [5.74, 6) is 0. The third-order valence-corrected chi connectivity index (χ3v) is 12.6. The molecule has 0 aliphatic rings. The van der Waals surface area contributed by atoms with Gasteiger partial charge in [0.1, 0.15) is 22.3 Å². The lowest BCUT2D eigenvalue weighted by Gasteiger charge is -2.27. The van der Waals surface area contributed by atoms with Gasteiger partial charge in [-0.15, -0.1) is 0 Å². The third kappa shape index (κ3) is 5.27. The minimum absolute atomic E-state index is 0.852. The Morgan fingerprint density at radius 3 is 1.95 bits per heavy atom. The molecule has 0 saturated carbocycles. The molecule has 10 aromatic carbocycles. The highest BCUT2D eigenvalue weighted by molar-refractivity contribution is 6.20. The van der Waals surface area contributed by atoms with E-state index in [-0.39, 0.29) is 0 Å². The van der Waals surface area contributed by atoms with E-state index in [2.05, 4.69) is 216 Å². The van der Waals surface area contributed by atoms with E-state index in [4.69, 9.17) is 8.83 Å². The van der Waals surface area contributed by atoms with Gasteiger partial charge in [0.2, 0.25) is 0 Å². The molecular weight excluding hydrogens is 757 g/mol. The van der Waals surface area contributed by atoms with Gasteiger partial charge in [0.05, 0.1) is 22.1 Å². The van der Waals surface area contributed by atoms with Gasteiger partial charge in [0, 0.05) is 49.4 Å². The predicted octanol–water partition coefficient (Wildman–Crippen LogP) is 16.5. The van der Waals surface area contributed by atoms with Crippen LogP contribution in [0.15, 0.2) is 227 Å². The van der Waals surface area contributed by atoms with Gasteiger partial charge in [-0.2, -0.15) is 0 Å².